The Bertz CT molecular complexity index is 855. The minimum atomic E-state index is -0.420. The van der Waals surface area contributed by atoms with E-state index in [9.17, 15) is 9.90 Å². The average molecular weight is 375 g/mol. The number of nitrogens with one attached hydrogen (secondary N) is 2. The number of anilines is 1. The number of phenolic OH excluding ortho intramolecular Hbond substituents is 1. The van der Waals surface area contributed by atoms with E-state index in [4.69, 9.17) is 9.47 Å². The van der Waals surface area contributed by atoms with E-state index in [-0.39, 0.29) is 11.7 Å². The number of likely N-dealkylation sites (N-methyl/N-ethyl adjacent to an activating group) is 1. The molecule has 26 heavy (non-hydrogen) atoms. The van der Waals surface area contributed by atoms with Gasteiger partial charge in [-0.3, -0.25) is 4.79 Å². The van der Waals surface area contributed by atoms with E-state index >= 15 is 0 Å². The van der Waals surface area contributed by atoms with Gasteiger partial charge in [-0.1, -0.05) is 0 Å². The van der Waals surface area contributed by atoms with Crippen LogP contribution in [0, 0.1) is 0 Å². The molecule has 0 aliphatic carbocycles. The van der Waals surface area contributed by atoms with Gasteiger partial charge in [0.25, 0.3) is 5.91 Å². The Hall–Kier alpha value is -2.45. The van der Waals surface area contributed by atoms with Gasteiger partial charge in [0, 0.05) is 23.5 Å². The number of nitrogens with zero attached hydrogens (tertiary/aromatic N) is 1. The van der Waals surface area contributed by atoms with Crippen LogP contribution < -0.4 is 20.1 Å². The van der Waals surface area contributed by atoms with Crippen LogP contribution in [0.25, 0.3) is 0 Å². The Morgan fingerprint density at radius 1 is 1.23 bits per heavy atom. The number of rotatable bonds is 3. The zero-order chi connectivity index (χ0) is 18.4. The number of amides is 1. The van der Waals surface area contributed by atoms with Crippen LogP contribution in [0.4, 0.5) is 5.00 Å². The van der Waals surface area contributed by atoms with Crippen molar-refractivity contribution in [2.75, 3.05) is 33.1 Å². The van der Waals surface area contributed by atoms with Crippen LogP contribution in [0.3, 0.4) is 0 Å². The predicted molar refractivity (Wildman–Crippen MR) is 99.4 cm³/mol. The van der Waals surface area contributed by atoms with Crippen LogP contribution in [0.1, 0.15) is 32.5 Å². The molecule has 2 aromatic rings. The first-order valence-corrected chi connectivity index (χ1v) is 9.18. The third kappa shape index (κ3) is 2.65. The molecule has 4 rings (SSSR count). The number of phenols is 1. The number of carbonyl (C=O) groups is 1. The summed E-state index contributed by atoms with van der Waals surface area (Å²) in [4.78, 5) is 16.3. The molecule has 1 amide bonds. The lowest BCUT2D eigenvalue weighted by Crippen LogP contribution is -2.38. The largest absolute Gasteiger partial charge is 0.502 e. The molecular formula is C18H21N3O4S. The van der Waals surface area contributed by atoms with Gasteiger partial charge in [-0.15, -0.1) is 11.3 Å². The quantitative estimate of drug-likeness (QED) is 0.764. The smallest absolute Gasteiger partial charge is 0.256 e. The van der Waals surface area contributed by atoms with Crippen LogP contribution in [0.5, 0.6) is 17.2 Å². The zero-order valence-electron chi connectivity index (χ0n) is 14.9. The van der Waals surface area contributed by atoms with Gasteiger partial charge in [-0.2, -0.15) is 0 Å². The lowest BCUT2D eigenvalue weighted by Gasteiger charge is -2.28. The second-order valence-corrected chi connectivity index (χ2v) is 7.63. The monoisotopic (exact) mass is 375 g/mol. The predicted octanol–water partition coefficient (Wildman–Crippen LogP) is 2.31. The van der Waals surface area contributed by atoms with Crippen LogP contribution >= 0.6 is 11.3 Å². The Morgan fingerprint density at radius 3 is 2.58 bits per heavy atom. The summed E-state index contributed by atoms with van der Waals surface area (Å²) in [6.45, 7) is 1.83. The first-order valence-electron chi connectivity index (χ1n) is 8.37. The molecule has 0 saturated heterocycles. The molecule has 3 N–H and O–H groups in total. The molecule has 8 heteroatoms. The molecule has 0 bridgehead atoms. The number of benzene rings is 1. The molecule has 7 nitrogen and oxygen atoms in total. The fraction of sp³-hybridized carbons (Fsp3) is 0.389. The molecule has 138 valence electrons. The second-order valence-electron chi connectivity index (χ2n) is 6.52. The van der Waals surface area contributed by atoms with Gasteiger partial charge in [0.2, 0.25) is 5.75 Å². The Labute approximate surface area is 155 Å². The van der Waals surface area contributed by atoms with Gasteiger partial charge in [-0.25, -0.2) is 0 Å². The van der Waals surface area contributed by atoms with Gasteiger partial charge in [0.05, 0.1) is 19.8 Å². The fourth-order valence-electron chi connectivity index (χ4n) is 3.49. The first-order chi connectivity index (χ1) is 12.5. The standard InChI is InChI=1S/C18H21N3O4S/c1-21-5-4-10-13(8-21)26-18-14(10)17(23)19-16(20-18)9-6-11(24-2)15(22)12(7-9)25-3/h6-7,16,20,22H,4-5,8H2,1-3H3,(H,19,23)/t16-/m0/s1. The number of hydrogen-bond donors (Lipinski definition) is 3. The lowest BCUT2D eigenvalue weighted by atomic mass is 10.0. The minimum absolute atomic E-state index is 0.0591. The number of carbonyl (C=O) groups excluding carboxylic acids is 1. The van der Waals surface area contributed by atoms with E-state index in [0.717, 1.165) is 41.2 Å². The van der Waals surface area contributed by atoms with Crippen molar-refractivity contribution >= 4 is 22.2 Å². The number of methoxy groups -OCH3 is 2. The van der Waals surface area contributed by atoms with Crippen molar-refractivity contribution in [3.63, 3.8) is 0 Å². The van der Waals surface area contributed by atoms with Gasteiger partial charge in [0.1, 0.15) is 11.2 Å². The number of hydrogen-bond acceptors (Lipinski definition) is 7. The molecule has 1 aromatic carbocycles. The van der Waals surface area contributed by atoms with Crippen molar-refractivity contribution in [2.24, 2.45) is 0 Å². The highest BCUT2D eigenvalue weighted by atomic mass is 32.1. The first kappa shape index (κ1) is 17.0. The normalized spacial score (nSPS) is 19.2. The number of aromatic hydroxyl groups is 1. The molecule has 2 aliphatic heterocycles. The highest BCUT2D eigenvalue weighted by Gasteiger charge is 2.33. The van der Waals surface area contributed by atoms with Gasteiger partial charge in [-0.05, 0) is 31.2 Å². The van der Waals surface area contributed by atoms with E-state index < -0.39 is 6.17 Å². The van der Waals surface area contributed by atoms with Crippen molar-refractivity contribution < 1.29 is 19.4 Å². The SMILES string of the molecule is COc1cc([C@H]2NC(=O)c3c(sc4c3CCN(C)C4)N2)cc(OC)c1O. The molecule has 1 aromatic heterocycles. The second kappa shape index (κ2) is 6.37. The van der Waals surface area contributed by atoms with Crippen LogP contribution in [0.15, 0.2) is 12.1 Å². The summed E-state index contributed by atoms with van der Waals surface area (Å²) in [7, 11) is 5.05. The molecule has 0 fully saturated rings. The number of thiophene rings is 1. The summed E-state index contributed by atoms with van der Waals surface area (Å²) in [6, 6.07) is 3.39. The van der Waals surface area contributed by atoms with E-state index in [1.165, 1.54) is 19.1 Å². The molecule has 1 atom stereocenters. The fourth-order valence-corrected chi connectivity index (χ4v) is 4.84. The Kier molecular flexibility index (Phi) is 4.16. The third-order valence-corrected chi connectivity index (χ3v) is 6.01. The van der Waals surface area contributed by atoms with Crippen LogP contribution in [0.2, 0.25) is 0 Å². The van der Waals surface area contributed by atoms with E-state index in [2.05, 4.69) is 22.6 Å². The Balaban J connectivity index is 1.71. The molecule has 3 heterocycles. The van der Waals surface area contributed by atoms with Crippen molar-refractivity contribution in [1.29, 1.82) is 0 Å². The summed E-state index contributed by atoms with van der Waals surface area (Å²) in [5, 5.41) is 17.4. The molecule has 0 unspecified atom stereocenters. The average Bonchev–Trinajstić information content (AvgIpc) is 2.99. The number of ether oxygens (including phenoxy) is 2. The Morgan fingerprint density at radius 2 is 1.92 bits per heavy atom. The van der Waals surface area contributed by atoms with E-state index in [1.54, 1.807) is 23.5 Å². The summed E-state index contributed by atoms with van der Waals surface area (Å²) in [6.07, 6.45) is 0.467. The molecule has 0 radical (unpaired) electrons. The zero-order valence-corrected chi connectivity index (χ0v) is 15.7. The maximum absolute atomic E-state index is 12.8. The minimum Gasteiger partial charge on any atom is -0.502 e. The van der Waals surface area contributed by atoms with Crippen molar-refractivity contribution in [2.45, 2.75) is 19.1 Å². The summed E-state index contributed by atoms with van der Waals surface area (Å²) >= 11 is 1.64. The number of fused-ring (bicyclic) bond motifs is 3. The van der Waals surface area contributed by atoms with Crippen LogP contribution in [-0.4, -0.2) is 43.7 Å². The highest BCUT2D eigenvalue weighted by molar-refractivity contribution is 7.16. The van der Waals surface area contributed by atoms with E-state index in [0.29, 0.717) is 11.5 Å². The maximum Gasteiger partial charge on any atom is 0.256 e. The van der Waals surface area contributed by atoms with E-state index in [1.807, 2.05) is 0 Å². The topological polar surface area (TPSA) is 83.1 Å². The third-order valence-electron chi connectivity index (χ3n) is 4.86. The van der Waals surface area contributed by atoms with Crippen LogP contribution in [-0.2, 0) is 13.0 Å². The maximum atomic E-state index is 12.8. The summed E-state index contributed by atoms with van der Waals surface area (Å²) in [5.74, 6) is 0.467. The molecule has 0 saturated carbocycles. The van der Waals surface area contributed by atoms with Gasteiger partial charge < -0.3 is 30.1 Å². The lowest BCUT2D eigenvalue weighted by molar-refractivity contribution is 0.0934. The molecule has 0 spiro atoms. The summed E-state index contributed by atoms with van der Waals surface area (Å²) < 4.78 is 10.4. The van der Waals surface area contributed by atoms with Crippen molar-refractivity contribution in [3.05, 3.63) is 33.7 Å². The molecule has 2 aliphatic rings. The summed E-state index contributed by atoms with van der Waals surface area (Å²) in [5.41, 5.74) is 2.68. The van der Waals surface area contributed by atoms with Crippen molar-refractivity contribution in [3.8, 4) is 17.2 Å². The van der Waals surface area contributed by atoms with Crippen molar-refractivity contribution in [1.82, 2.24) is 10.2 Å². The molecular weight excluding hydrogens is 354 g/mol. The van der Waals surface area contributed by atoms with Gasteiger partial charge >= 0.3 is 0 Å². The highest BCUT2D eigenvalue weighted by Crippen LogP contribution is 2.43. The van der Waals surface area contributed by atoms with Gasteiger partial charge in [0.15, 0.2) is 11.5 Å².